The molecular formula is C18H19ClN4O2S. The van der Waals surface area contributed by atoms with Crippen LogP contribution in [0.3, 0.4) is 0 Å². The molecule has 2 heterocycles. The molecule has 3 N–H and O–H groups in total. The number of hydrogen-bond acceptors (Lipinski definition) is 6. The Labute approximate surface area is 161 Å². The molecule has 0 unspecified atom stereocenters. The van der Waals surface area contributed by atoms with Crippen molar-refractivity contribution < 1.29 is 9.32 Å². The lowest BCUT2D eigenvalue weighted by Crippen LogP contribution is -2.44. The molecule has 0 radical (unpaired) electrons. The molecule has 136 valence electrons. The van der Waals surface area contributed by atoms with Gasteiger partial charge < -0.3 is 15.6 Å². The van der Waals surface area contributed by atoms with Gasteiger partial charge in [0.1, 0.15) is 0 Å². The monoisotopic (exact) mass is 390 g/mol. The van der Waals surface area contributed by atoms with Crippen molar-refractivity contribution in [1.82, 2.24) is 15.5 Å². The molecule has 1 fully saturated rings. The van der Waals surface area contributed by atoms with Crippen LogP contribution < -0.4 is 11.1 Å². The first-order valence-corrected chi connectivity index (χ1v) is 9.06. The summed E-state index contributed by atoms with van der Waals surface area (Å²) in [6.45, 7) is 0.470. The fourth-order valence-electron chi connectivity index (χ4n) is 2.77. The molecule has 6 nitrogen and oxygen atoms in total. The number of carbonyl (C=O) groups excluding carboxylic acids is 1. The van der Waals surface area contributed by atoms with Gasteiger partial charge in [-0.1, -0.05) is 23.4 Å². The summed E-state index contributed by atoms with van der Waals surface area (Å²) < 4.78 is 5.35. The van der Waals surface area contributed by atoms with Crippen molar-refractivity contribution >= 4 is 29.7 Å². The number of thiophene rings is 1. The van der Waals surface area contributed by atoms with Crippen LogP contribution in [0.1, 0.15) is 40.3 Å². The Bertz CT molecular complexity index is 873. The highest BCUT2D eigenvalue weighted by Gasteiger charge is 2.39. The molecule has 1 aliphatic rings. The predicted octanol–water partition coefficient (Wildman–Crippen LogP) is 3.49. The number of nitrogens with one attached hydrogen (secondary N) is 1. The van der Waals surface area contributed by atoms with Gasteiger partial charge in [-0.2, -0.15) is 4.98 Å². The number of amides is 1. The number of halogens is 1. The van der Waals surface area contributed by atoms with E-state index in [1.165, 1.54) is 11.3 Å². The van der Waals surface area contributed by atoms with E-state index in [0.29, 0.717) is 23.1 Å². The topological polar surface area (TPSA) is 94.0 Å². The van der Waals surface area contributed by atoms with E-state index in [-0.39, 0.29) is 18.3 Å². The van der Waals surface area contributed by atoms with Crippen LogP contribution in [0.25, 0.3) is 11.5 Å². The summed E-state index contributed by atoms with van der Waals surface area (Å²) in [6, 6.07) is 11.4. The standard InChI is InChI=1S/C18H18N4O2S.ClH/c19-18(8-2-9-18)17-21-16(24-22-17)13-6-4-12(5-7-13)11-20-15(23)14-3-1-10-25-14;/h1,3-7,10H,2,8-9,11,19H2,(H,20,23);1H. The minimum atomic E-state index is -0.423. The predicted molar refractivity (Wildman–Crippen MR) is 102 cm³/mol. The Morgan fingerprint density at radius 1 is 1.27 bits per heavy atom. The summed E-state index contributed by atoms with van der Waals surface area (Å²) in [5, 5.41) is 8.82. The summed E-state index contributed by atoms with van der Waals surface area (Å²) in [6.07, 6.45) is 2.90. The molecular weight excluding hydrogens is 372 g/mol. The molecule has 26 heavy (non-hydrogen) atoms. The Hall–Kier alpha value is -2.22. The van der Waals surface area contributed by atoms with Crippen molar-refractivity contribution in [2.75, 3.05) is 0 Å². The van der Waals surface area contributed by atoms with Gasteiger partial charge in [-0.15, -0.1) is 23.7 Å². The molecule has 0 aliphatic heterocycles. The fraction of sp³-hybridized carbons (Fsp3) is 0.278. The van der Waals surface area contributed by atoms with Crippen molar-refractivity contribution in [2.24, 2.45) is 5.73 Å². The van der Waals surface area contributed by atoms with Crippen LogP contribution >= 0.6 is 23.7 Å². The lowest BCUT2D eigenvalue weighted by atomic mass is 9.77. The van der Waals surface area contributed by atoms with Gasteiger partial charge in [0.05, 0.1) is 10.4 Å². The molecule has 3 aromatic rings. The first kappa shape index (κ1) is 18.6. The quantitative estimate of drug-likeness (QED) is 0.695. The van der Waals surface area contributed by atoms with Crippen LogP contribution in [0.4, 0.5) is 0 Å². The van der Waals surface area contributed by atoms with Crippen LogP contribution in [-0.4, -0.2) is 16.0 Å². The van der Waals surface area contributed by atoms with Gasteiger partial charge in [0.15, 0.2) is 5.82 Å². The lowest BCUT2D eigenvalue weighted by molar-refractivity contribution is 0.0955. The Kier molecular flexibility index (Phi) is 5.41. The number of nitrogens with two attached hydrogens (primary N) is 1. The Morgan fingerprint density at radius 2 is 2.04 bits per heavy atom. The SMILES string of the molecule is Cl.NC1(c2noc(-c3ccc(CNC(=O)c4cccs4)cc3)n2)CCC1. The minimum Gasteiger partial charge on any atom is -0.347 e. The van der Waals surface area contributed by atoms with Gasteiger partial charge in [-0.05, 0) is 48.4 Å². The highest BCUT2D eigenvalue weighted by atomic mass is 35.5. The van der Waals surface area contributed by atoms with Crippen LogP contribution in [0.2, 0.25) is 0 Å². The summed E-state index contributed by atoms with van der Waals surface area (Å²) >= 11 is 1.43. The molecule has 0 atom stereocenters. The van der Waals surface area contributed by atoms with Gasteiger partial charge in [-0.25, -0.2) is 0 Å². The van der Waals surface area contributed by atoms with E-state index in [0.717, 1.165) is 30.4 Å². The number of benzene rings is 1. The summed E-state index contributed by atoms with van der Waals surface area (Å²) in [5.41, 5.74) is 7.65. The van der Waals surface area contributed by atoms with Crippen LogP contribution in [0.5, 0.6) is 0 Å². The van der Waals surface area contributed by atoms with Gasteiger partial charge in [0.25, 0.3) is 11.8 Å². The minimum absolute atomic E-state index is 0. The maximum absolute atomic E-state index is 12.0. The number of rotatable bonds is 5. The first-order valence-electron chi connectivity index (χ1n) is 8.18. The van der Waals surface area contributed by atoms with Crippen LogP contribution in [0.15, 0.2) is 46.3 Å². The summed E-state index contributed by atoms with van der Waals surface area (Å²) in [5.74, 6) is 0.997. The molecule has 8 heteroatoms. The van der Waals surface area contributed by atoms with E-state index in [1.54, 1.807) is 0 Å². The third-order valence-electron chi connectivity index (χ3n) is 4.52. The van der Waals surface area contributed by atoms with Crippen molar-refractivity contribution in [3.63, 3.8) is 0 Å². The van der Waals surface area contributed by atoms with E-state index in [4.69, 9.17) is 10.3 Å². The van der Waals surface area contributed by atoms with Crippen molar-refractivity contribution in [3.8, 4) is 11.5 Å². The zero-order chi connectivity index (χ0) is 17.3. The molecule has 0 spiro atoms. The molecule has 1 saturated carbocycles. The Balaban J connectivity index is 0.00000196. The lowest BCUT2D eigenvalue weighted by Gasteiger charge is -2.34. The zero-order valence-electron chi connectivity index (χ0n) is 14.0. The number of aromatic nitrogens is 2. The van der Waals surface area contributed by atoms with E-state index >= 15 is 0 Å². The van der Waals surface area contributed by atoms with Gasteiger partial charge in [0.2, 0.25) is 0 Å². The van der Waals surface area contributed by atoms with Gasteiger partial charge in [-0.3, -0.25) is 4.79 Å². The molecule has 1 aliphatic carbocycles. The van der Waals surface area contributed by atoms with Crippen molar-refractivity contribution in [2.45, 2.75) is 31.3 Å². The number of nitrogens with zero attached hydrogens (tertiary/aromatic N) is 2. The molecule has 1 amide bonds. The van der Waals surface area contributed by atoms with Crippen LogP contribution in [0, 0.1) is 0 Å². The van der Waals surface area contributed by atoms with Crippen molar-refractivity contribution in [1.29, 1.82) is 0 Å². The highest BCUT2D eigenvalue weighted by molar-refractivity contribution is 7.12. The molecule has 0 saturated heterocycles. The number of hydrogen-bond donors (Lipinski definition) is 2. The van der Waals surface area contributed by atoms with E-state index < -0.39 is 5.54 Å². The van der Waals surface area contributed by atoms with E-state index in [2.05, 4.69) is 15.5 Å². The summed E-state index contributed by atoms with van der Waals surface area (Å²) in [4.78, 5) is 17.1. The van der Waals surface area contributed by atoms with E-state index in [1.807, 2.05) is 41.8 Å². The second-order valence-electron chi connectivity index (χ2n) is 6.29. The largest absolute Gasteiger partial charge is 0.347 e. The average Bonchev–Trinajstić information content (AvgIpc) is 3.30. The van der Waals surface area contributed by atoms with Crippen molar-refractivity contribution in [3.05, 3.63) is 58.0 Å². The third kappa shape index (κ3) is 3.65. The second-order valence-corrected chi connectivity index (χ2v) is 7.24. The summed E-state index contributed by atoms with van der Waals surface area (Å²) in [7, 11) is 0. The normalized spacial score (nSPS) is 15.0. The van der Waals surface area contributed by atoms with Gasteiger partial charge >= 0.3 is 0 Å². The van der Waals surface area contributed by atoms with Gasteiger partial charge in [0, 0.05) is 12.1 Å². The van der Waals surface area contributed by atoms with E-state index in [9.17, 15) is 4.79 Å². The highest BCUT2D eigenvalue weighted by Crippen LogP contribution is 2.37. The maximum atomic E-state index is 12.0. The molecule has 4 rings (SSSR count). The Morgan fingerprint density at radius 3 is 2.65 bits per heavy atom. The fourth-order valence-corrected chi connectivity index (χ4v) is 3.41. The third-order valence-corrected chi connectivity index (χ3v) is 5.38. The zero-order valence-corrected chi connectivity index (χ0v) is 15.6. The number of carbonyl (C=O) groups is 1. The van der Waals surface area contributed by atoms with Crippen LogP contribution in [-0.2, 0) is 12.1 Å². The smallest absolute Gasteiger partial charge is 0.261 e. The first-order chi connectivity index (χ1) is 12.1. The molecule has 1 aromatic carbocycles. The average molecular weight is 391 g/mol. The maximum Gasteiger partial charge on any atom is 0.261 e. The molecule has 2 aromatic heterocycles. The second kappa shape index (κ2) is 7.57. The molecule has 0 bridgehead atoms.